The summed E-state index contributed by atoms with van der Waals surface area (Å²) in [5.74, 6) is 0.443. The lowest BCUT2D eigenvalue weighted by atomic mass is 10.3. The van der Waals surface area contributed by atoms with Crippen LogP contribution in [0, 0.1) is 0 Å². The van der Waals surface area contributed by atoms with Gasteiger partial charge in [0.1, 0.15) is 11.5 Å². The first-order valence-electron chi connectivity index (χ1n) is 7.02. The Hall–Kier alpha value is -2.50. The molecule has 2 N–H and O–H groups in total. The Balaban J connectivity index is 1.85. The fourth-order valence-corrected chi connectivity index (χ4v) is 1.71. The SMILES string of the molecule is CCCCNc1cnc(C(=O)NCc2cccnc2)cn1. The van der Waals surface area contributed by atoms with E-state index >= 15 is 0 Å². The van der Waals surface area contributed by atoms with Gasteiger partial charge >= 0.3 is 0 Å². The smallest absolute Gasteiger partial charge is 0.271 e. The molecule has 0 aliphatic rings. The minimum atomic E-state index is -0.244. The zero-order valence-corrected chi connectivity index (χ0v) is 12.0. The zero-order chi connectivity index (χ0) is 14.9. The fraction of sp³-hybridized carbons (Fsp3) is 0.333. The minimum Gasteiger partial charge on any atom is -0.369 e. The quantitative estimate of drug-likeness (QED) is 0.761. The van der Waals surface area contributed by atoms with Crippen LogP contribution in [0.15, 0.2) is 36.9 Å². The van der Waals surface area contributed by atoms with Crippen LogP contribution in [-0.2, 0) is 6.54 Å². The highest BCUT2D eigenvalue weighted by molar-refractivity contribution is 5.91. The molecule has 0 aromatic carbocycles. The van der Waals surface area contributed by atoms with Gasteiger partial charge in [0.25, 0.3) is 5.91 Å². The van der Waals surface area contributed by atoms with Crippen LogP contribution in [-0.4, -0.2) is 27.4 Å². The van der Waals surface area contributed by atoms with E-state index in [1.807, 2.05) is 12.1 Å². The first-order chi connectivity index (χ1) is 10.3. The van der Waals surface area contributed by atoms with Gasteiger partial charge in [-0.3, -0.25) is 9.78 Å². The number of hydrogen-bond acceptors (Lipinski definition) is 5. The first-order valence-corrected chi connectivity index (χ1v) is 7.02. The van der Waals surface area contributed by atoms with E-state index in [1.165, 1.54) is 6.20 Å². The molecule has 0 aliphatic heterocycles. The lowest BCUT2D eigenvalue weighted by Crippen LogP contribution is -2.24. The van der Waals surface area contributed by atoms with Gasteiger partial charge in [-0.05, 0) is 18.1 Å². The molecule has 6 heteroatoms. The van der Waals surface area contributed by atoms with Crippen molar-refractivity contribution in [1.29, 1.82) is 0 Å². The van der Waals surface area contributed by atoms with E-state index in [0.717, 1.165) is 24.9 Å². The standard InChI is InChI=1S/C15H19N5O/c1-2-3-7-17-14-11-18-13(10-19-14)15(21)20-9-12-5-4-6-16-8-12/h4-6,8,10-11H,2-3,7,9H2,1H3,(H,17,19)(H,20,21). The molecule has 0 radical (unpaired) electrons. The van der Waals surface area contributed by atoms with E-state index in [0.29, 0.717) is 18.1 Å². The topological polar surface area (TPSA) is 79.8 Å². The summed E-state index contributed by atoms with van der Waals surface area (Å²) in [6.45, 7) is 3.41. The average molecular weight is 285 g/mol. The molecule has 0 saturated heterocycles. The van der Waals surface area contributed by atoms with Gasteiger partial charge in [0.05, 0.1) is 12.4 Å². The zero-order valence-electron chi connectivity index (χ0n) is 12.0. The van der Waals surface area contributed by atoms with Crippen LogP contribution >= 0.6 is 0 Å². The summed E-state index contributed by atoms with van der Waals surface area (Å²) < 4.78 is 0. The molecule has 0 aliphatic carbocycles. The monoisotopic (exact) mass is 285 g/mol. The Morgan fingerprint density at radius 2 is 2.14 bits per heavy atom. The summed E-state index contributed by atoms with van der Waals surface area (Å²) >= 11 is 0. The van der Waals surface area contributed by atoms with Crippen molar-refractivity contribution in [1.82, 2.24) is 20.3 Å². The number of aromatic nitrogens is 3. The van der Waals surface area contributed by atoms with Gasteiger partial charge in [0.15, 0.2) is 0 Å². The number of pyridine rings is 1. The van der Waals surface area contributed by atoms with Gasteiger partial charge in [-0.2, -0.15) is 0 Å². The van der Waals surface area contributed by atoms with Crippen molar-refractivity contribution in [3.8, 4) is 0 Å². The Kier molecular flexibility index (Phi) is 5.63. The molecule has 6 nitrogen and oxygen atoms in total. The van der Waals surface area contributed by atoms with Crippen LogP contribution in [0.2, 0.25) is 0 Å². The second-order valence-electron chi connectivity index (χ2n) is 4.61. The van der Waals surface area contributed by atoms with Gasteiger partial charge in [-0.25, -0.2) is 9.97 Å². The van der Waals surface area contributed by atoms with Crippen molar-refractivity contribution < 1.29 is 4.79 Å². The van der Waals surface area contributed by atoms with E-state index in [9.17, 15) is 4.79 Å². The van der Waals surface area contributed by atoms with Crippen molar-refractivity contribution in [3.63, 3.8) is 0 Å². The Bertz CT molecular complexity index is 556. The largest absolute Gasteiger partial charge is 0.369 e. The first kappa shape index (κ1) is 14.9. The van der Waals surface area contributed by atoms with Crippen LogP contribution in [0.25, 0.3) is 0 Å². The number of nitrogens with zero attached hydrogens (tertiary/aromatic N) is 3. The lowest BCUT2D eigenvalue weighted by Gasteiger charge is -2.06. The Morgan fingerprint density at radius 3 is 2.81 bits per heavy atom. The number of nitrogens with one attached hydrogen (secondary N) is 2. The fourth-order valence-electron chi connectivity index (χ4n) is 1.71. The number of unbranched alkanes of at least 4 members (excludes halogenated alkanes) is 1. The summed E-state index contributed by atoms with van der Waals surface area (Å²) in [7, 11) is 0. The second-order valence-corrected chi connectivity index (χ2v) is 4.61. The highest BCUT2D eigenvalue weighted by atomic mass is 16.1. The maximum Gasteiger partial charge on any atom is 0.271 e. The molecule has 2 heterocycles. The third-order valence-electron chi connectivity index (χ3n) is 2.90. The molecular formula is C15H19N5O. The molecule has 2 aromatic heterocycles. The van der Waals surface area contributed by atoms with Gasteiger partial charge in [0, 0.05) is 25.5 Å². The molecule has 0 bridgehead atoms. The molecule has 0 saturated carbocycles. The van der Waals surface area contributed by atoms with Gasteiger partial charge in [0.2, 0.25) is 0 Å². The number of anilines is 1. The van der Waals surface area contributed by atoms with E-state index in [1.54, 1.807) is 18.6 Å². The van der Waals surface area contributed by atoms with Crippen molar-refractivity contribution in [2.75, 3.05) is 11.9 Å². The second kappa shape index (κ2) is 7.94. The van der Waals surface area contributed by atoms with Crippen LogP contribution in [0.1, 0.15) is 35.8 Å². The van der Waals surface area contributed by atoms with Gasteiger partial charge in [-0.15, -0.1) is 0 Å². The Labute approximate surface area is 124 Å². The number of rotatable bonds is 7. The Morgan fingerprint density at radius 1 is 1.24 bits per heavy atom. The molecule has 21 heavy (non-hydrogen) atoms. The molecule has 2 aromatic rings. The third kappa shape index (κ3) is 4.83. The van der Waals surface area contributed by atoms with Crippen molar-refractivity contribution in [3.05, 3.63) is 48.2 Å². The van der Waals surface area contributed by atoms with Crippen molar-refractivity contribution in [2.24, 2.45) is 0 Å². The summed E-state index contributed by atoms with van der Waals surface area (Å²) in [6.07, 6.45) is 8.67. The molecule has 0 unspecified atom stereocenters. The normalized spacial score (nSPS) is 10.1. The molecule has 110 valence electrons. The van der Waals surface area contributed by atoms with Crippen molar-refractivity contribution in [2.45, 2.75) is 26.3 Å². The summed E-state index contributed by atoms with van der Waals surface area (Å²) in [6, 6.07) is 3.73. The summed E-state index contributed by atoms with van der Waals surface area (Å²) in [5, 5.41) is 5.94. The molecule has 0 fully saturated rings. The van der Waals surface area contributed by atoms with E-state index in [-0.39, 0.29) is 5.91 Å². The number of amides is 1. The molecule has 1 amide bonds. The third-order valence-corrected chi connectivity index (χ3v) is 2.90. The van der Waals surface area contributed by atoms with E-state index in [4.69, 9.17) is 0 Å². The highest BCUT2D eigenvalue weighted by Crippen LogP contribution is 2.02. The van der Waals surface area contributed by atoms with Crippen molar-refractivity contribution >= 4 is 11.7 Å². The predicted octanol–water partition coefficient (Wildman–Crippen LogP) is 2.01. The highest BCUT2D eigenvalue weighted by Gasteiger charge is 2.07. The molecule has 0 atom stereocenters. The maximum atomic E-state index is 11.9. The number of carbonyl (C=O) groups is 1. The predicted molar refractivity (Wildman–Crippen MR) is 80.8 cm³/mol. The van der Waals surface area contributed by atoms with Crippen LogP contribution in [0.5, 0.6) is 0 Å². The number of carbonyl (C=O) groups excluding carboxylic acids is 1. The minimum absolute atomic E-state index is 0.244. The summed E-state index contributed by atoms with van der Waals surface area (Å²) in [5.41, 5.74) is 1.25. The van der Waals surface area contributed by atoms with Gasteiger partial charge in [-0.1, -0.05) is 19.4 Å². The average Bonchev–Trinajstić information content (AvgIpc) is 2.54. The molecular weight excluding hydrogens is 266 g/mol. The van der Waals surface area contributed by atoms with Crippen LogP contribution in [0.3, 0.4) is 0 Å². The maximum absolute atomic E-state index is 11.9. The van der Waals surface area contributed by atoms with Crippen LogP contribution in [0.4, 0.5) is 5.82 Å². The molecule has 0 spiro atoms. The van der Waals surface area contributed by atoms with Crippen LogP contribution < -0.4 is 10.6 Å². The summed E-state index contributed by atoms with van der Waals surface area (Å²) in [4.78, 5) is 24.2. The molecule has 2 rings (SSSR count). The van der Waals surface area contributed by atoms with Gasteiger partial charge < -0.3 is 10.6 Å². The lowest BCUT2D eigenvalue weighted by molar-refractivity contribution is 0.0945. The van der Waals surface area contributed by atoms with E-state index < -0.39 is 0 Å². The van der Waals surface area contributed by atoms with E-state index in [2.05, 4.69) is 32.5 Å². The number of hydrogen-bond donors (Lipinski definition) is 2.